The summed E-state index contributed by atoms with van der Waals surface area (Å²) in [6, 6.07) is 8.23. The van der Waals surface area contributed by atoms with Gasteiger partial charge < -0.3 is 5.32 Å². The Kier molecular flexibility index (Phi) is 5.73. The average Bonchev–Trinajstić information content (AvgIpc) is 2.98. The van der Waals surface area contributed by atoms with Crippen molar-refractivity contribution < 1.29 is 14.4 Å². The smallest absolute Gasteiger partial charge is 0.331 e. The van der Waals surface area contributed by atoms with Gasteiger partial charge in [0.2, 0.25) is 11.8 Å². The van der Waals surface area contributed by atoms with Crippen LogP contribution in [0.5, 0.6) is 0 Å². The van der Waals surface area contributed by atoms with Crippen LogP contribution in [0.25, 0.3) is 5.69 Å². The zero-order valence-electron chi connectivity index (χ0n) is 18.3. The van der Waals surface area contributed by atoms with Crippen molar-refractivity contribution in [1.29, 1.82) is 0 Å². The fourth-order valence-corrected chi connectivity index (χ4v) is 4.53. The van der Waals surface area contributed by atoms with E-state index in [2.05, 4.69) is 17.2 Å². The number of carbonyl (C=O) groups excluding carboxylic acids is 3. The molecule has 4 rings (SSSR count). The van der Waals surface area contributed by atoms with Crippen LogP contribution < -0.4 is 16.2 Å². The number of nitrogens with one attached hydrogen (secondary N) is 2. The second kappa shape index (κ2) is 8.49. The molecule has 0 unspecified atom stereocenters. The largest absolute Gasteiger partial charge is 0.352 e. The third kappa shape index (κ3) is 3.63. The van der Waals surface area contributed by atoms with Gasteiger partial charge in [0.05, 0.1) is 11.4 Å². The Morgan fingerprint density at radius 2 is 1.72 bits per heavy atom. The van der Waals surface area contributed by atoms with E-state index in [9.17, 15) is 19.2 Å². The van der Waals surface area contributed by atoms with Crippen molar-refractivity contribution in [2.45, 2.75) is 45.1 Å². The molecular formula is C23H27N5O4. The van der Waals surface area contributed by atoms with Gasteiger partial charge >= 0.3 is 6.03 Å². The van der Waals surface area contributed by atoms with Crippen molar-refractivity contribution in [3.8, 4) is 5.69 Å². The van der Waals surface area contributed by atoms with E-state index < -0.39 is 23.8 Å². The third-order valence-corrected chi connectivity index (χ3v) is 6.32. The molecule has 2 N–H and O–H groups in total. The molecule has 0 radical (unpaired) electrons. The molecule has 0 spiro atoms. The van der Waals surface area contributed by atoms with Crippen molar-refractivity contribution in [3.63, 3.8) is 0 Å². The number of barbiturate groups is 1. The lowest BCUT2D eigenvalue weighted by molar-refractivity contribution is -0.142. The fourth-order valence-electron chi connectivity index (χ4n) is 4.53. The van der Waals surface area contributed by atoms with Crippen LogP contribution >= 0.6 is 0 Å². The molecule has 0 bridgehead atoms. The lowest BCUT2D eigenvalue weighted by Crippen LogP contribution is -2.61. The molecule has 1 aliphatic carbocycles. The number of imide groups is 2. The number of anilines is 1. The summed E-state index contributed by atoms with van der Waals surface area (Å²) < 4.78 is 3.18. The Balaban J connectivity index is 1.62. The molecule has 1 aliphatic heterocycles. The minimum absolute atomic E-state index is 0.0619. The fraction of sp³-hybridized carbons (Fsp3) is 0.391. The SMILES string of the molecule is C=C(Nc1c(C)n(C)n(-c2ccccc2)c1=O)[C@H]1C(=O)NC(=O)N(C2CCCCC2)C1=O. The second-order valence-corrected chi connectivity index (χ2v) is 8.31. The first kappa shape index (κ1) is 21.6. The number of hydrogen-bond donors (Lipinski definition) is 2. The standard InChI is InChI=1S/C23H27N5O4/c1-14(18-20(29)25-23(32)27(21(18)30)16-10-6-4-7-11-16)24-19-15(2)26(3)28(22(19)31)17-12-8-5-9-13-17/h5,8-9,12-13,16,18,24H,1,4,6-7,10-11H2,2-3H3,(H,25,29,32)/t18-/m0/s1. The molecule has 1 aromatic carbocycles. The summed E-state index contributed by atoms with van der Waals surface area (Å²) >= 11 is 0. The maximum absolute atomic E-state index is 13.2. The van der Waals surface area contributed by atoms with E-state index in [1.807, 2.05) is 30.3 Å². The Labute approximate surface area is 185 Å². The molecule has 168 valence electrons. The molecule has 2 aromatic rings. The number of hydrogen-bond acceptors (Lipinski definition) is 5. The summed E-state index contributed by atoms with van der Waals surface area (Å²) in [5, 5.41) is 5.19. The molecule has 1 atom stereocenters. The highest BCUT2D eigenvalue weighted by Gasteiger charge is 2.45. The third-order valence-electron chi connectivity index (χ3n) is 6.32. The quantitative estimate of drug-likeness (QED) is 0.699. The Morgan fingerprint density at radius 3 is 2.38 bits per heavy atom. The number of nitrogens with zero attached hydrogens (tertiary/aromatic N) is 3. The van der Waals surface area contributed by atoms with Crippen molar-refractivity contribution in [2.24, 2.45) is 13.0 Å². The van der Waals surface area contributed by atoms with Gasteiger partial charge in [0.25, 0.3) is 5.56 Å². The second-order valence-electron chi connectivity index (χ2n) is 8.31. The molecule has 4 amide bonds. The molecule has 1 saturated heterocycles. The summed E-state index contributed by atoms with van der Waals surface area (Å²) in [5.41, 5.74) is 1.25. The predicted molar refractivity (Wildman–Crippen MR) is 119 cm³/mol. The topological polar surface area (TPSA) is 105 Å². The first-order valence-electron chi connectivity index (χ1n) is 10.8. The van der Waals surface area contributed by atoms with Crippen LogP contribution in [0.2, 0.25) is 0 Å². The molecule has 9 nitrogen and oxygen atoms in total. The van der Waals surface area contributed by atoms with E-state index >= 15 is 0 Å². The van der Waals surface area contributed by atoms with Crippen molar-refractivity contribution >= 4 is 23.5 Å². The van der Waals surface area contributed by atoms with Gasteiger partial charge in [0, 0.05) is 18.8 Å². The Hall–Kier alpha value is -3.62. The first-order chi connectivity index (χ1) is 15.3. The van der Waals surface area contributed by atoms with Gasteiger partial charge in [0.15, 0.2) is 5.92 Å². The number of urea groups is 1. The van der Waals surface area contributed by atoms with Crippen molar-refractivity contribution in [1.82, 2.24) is 19.6 Å². The molecule has 2 heterocycles. The summed E-state index contributed by atoms with van der Waals surface area (Å²) in [4.78, 5) is 52.5. The van der Waals surface area contributed by atoms with E-state index in [1.165, 1.54) is 4.68 Å². The maximum atomic E-state index is 13.2. The van der Waals surface area contributed by atoms with Gasteiger partial charge in [-0.3, -0.25) is 29.3 Å². The zero-order valence-corrected chi connectivity index (χ0v) is 18.3. The maximum Gasteiger partial charge on any atom is 0.331 e. The number of amides is 4. The van der Waals surface area contributed by atoms with E-state index in [0.29, 0.717) is 11.4 Å². The highest BCUT2D eigenvalue weighted by Crippen LogP contribution is 2.28. The van der Waals surface area contributed by atoms with Crippen LogP contribution in [0.1, 0.15) is 37.8 Å². The predicted octanol–water partition coefficient (Wildman–Crippen LogP) is 2.44. The monoisotopic (exact) mass is 437 g/mol. The zero-order chi connectivity index (χ0) is 23.0. The highest BCUT2D eigenvalue weighted by atomic mass is 16.2. The lowest BCUT2D eigenvalue weighted by atomic mass is 9.91. The summed E-state index contributed by atoms with van der Waals surface area (Å²) in [6.45, 7) is 5.65. The summed E-state index contributed by atoms with van der Waals surface area (Å²) in [7, 11) is 1.75. The van der Waals surface area contributed by atoms with Crippen LogP contribution in [0, 0.1) is 12.8 Å². The van der Waals surface area contributed by atoms with Crippen LogP contribution in [-0.4, -0.2) is 38.2 Å². The number of para-hydroxylation sites is 1. The molecular weight excluding hydrogens is 410 g/mol. The Bertz CT molecular complexity index is 1140. The number of benzene rings is 1. The van der Waals surface area contributed by atoms with E-state index in [-0.39, 0.29) is 23.0 Å². The van der Waals surface area contributed by atoms with Gasteiger partial charge in [-0.1, -0.05) is 44.0 Å². The molecule has 1 aromatic heterocycles. The minimum atomic E-state index is -1.29. The van der Waals surface area contributed by atoms with E-state index in [0.717, 1.165) is 37.0 Å². The minimum Gasteiger partial charge on any atom is -0.352 e. The van der Waals surface area contributed by atoms with Crippen LogP contribution in [-0.2, 0) is 16.6 Å². The van der Waals surface area contributed by atoms with Gasteiger partial charge in [-0.25, -0.2) is 9.48 Å². The summed E-state index contributed by atoms with van der Waals surface area (Å²) in [5.74, 6) is -2.62. The van der Waals surface area contributed by atoms with Crippen LogP contribution in [0.4, 0.5) is 10.5 Å². The van der Waals surface area contributed by atoms with Gasteiger partial charge in [0.1, 0.15) is 5.69 Å². The normalized spacial score (nSPS) is 19.8. The number of rotatable bonds is 5. The molecule has 1 saturated carbocycles. The summed E-state index contributed by atoms with van der Waals surface area (Å²) in [6.07, 6.45) is 4.38. The molecule has 2 fully saturated rings. The van der Waals surface area contributed by atoms with Gasteiger partial charge in [-0.05, 0) is 31.9 Å². The molecule has 9 heteroatoms. The van der Waals surface area contributed by atoms with Gasteiger partial charge in [-0.2, -0.15) is 0 Å². The Morgan fingerprint density at radius 1 is 1.06 bits per heavy atom. The van der Waals surface area contributed by atoms with Crippen molar-refractivity contribution in [3.05, 3.63) is 58.7 Å². The first-order valence-corrected chi connectivity index (χ1v) is 10.8. The van der Waals surface area contributed by atoms with Gasteiger partial charge in [-0.15, -0.1) is 0 Å². The van der Waals surface area contributed by atoms with E-state index in [1.54, 1.807) is 18.7 Å². The number of aromatic nitrogens is 2. The highest BCUT2D eigenvalue weighted by molar-refractivity contribution is 6.18. The van der Waals surface area contributed by atoms with E-state index in [4.69, 9.17) is 0 Å². The van der Waals surface area contributed by atoms with Crippen molar-refractivity contribution in [2.75, 3.05) is 5.32 Å². The molecule has 2 aliphatic rings. The molecule has 32 heavy (non-hydrogen) atoms. The lowest BCUT2D eigenvalue weighted by Gasteiger charge is -2.37. The average molecular weight is 438 g/mol. The van der Waals surface area contributed by atoms with Crippen LogP contribution in [0.15, 0.2) is 47.4 Å². The van der Waals surface area contributed by atoms with Crippen LogP contribution in [0.3, 0.4) is 0 Å². The number of carbonyl (C=O) groups is 3.